The number of phenols is 1. The van der Waals surface area contributed by atoms with Crippen molar-refractivity contribution in [3.63, 3.8) is 0 Å². The fraction of sp³-hybridized carbons (Fsp3) is 0.389. The van der Waals surface area contributed by atoms with Crippen LogP contribution in [0.25, 0.3) is 10.9 Å². The number of aromatic nitrogens is 3. The van der Waals surface area contributed by atoms with Gasteiger partial charge in [0.05, 0.1) is 64.9 Å². The molecule has 1 saturated heterocycles. The molecule has 25 N–H and O–H groups in total. The molecule has 0 spiro atoms. The van der Waals surface area contributed by atoms with Gasteiger partial charge in [0.25, 0.3) is 0 Å². The Bertz CT molecular complexity index is 5360. The maximum atomic E-state index is 15.1. The second-order valence-electron chi connectivity index (χ2n) is 32.1. The first-order valence-electron chi connectivity index (χ1n) is 43.2. The highest BCUT2D eigenvalue weighted by Crippen LogP contribution is 2.21. The molecule has 3 heterocycles. The second-order valence-corrected chi connectivity index (χ2v) is 32.1. The summed E-state index contributed by atoms with van der Waals surface area (Å²) in [7, 11) is 0. The van der Waals surface area contributed by atoms with Crippen molar-refractivity contribution in [3.8, 4) is 5.75 Å². The van der Waals surface area contributed by atoms with E-state index in [-0.39, 0.29) is 49.1 Å². The number of hydrogen-bond donors (Lipinski definition) is 24. The number of nitrogens with two attached hydrogens (primary N) is 1. The quantitative estimate of drug-likeness (QED) is 0.0171. The Hall–Kier alpha value is -16.0. The number of fused-ring (bicyclic) bond motifs is 1. The number of nitrogens with zero attached hydrogens (tertiary/aromatic N) is 1. The molecule has 135 heavy (non-hydrogen) atoms. The zero-order chi connectivity index (χ0) is 98.4. The van der Waals surface area contributed by atoms with Crippen molar-refractivity contribution in [2.24, 2.45) is 17.6 Å². The fourth-order valence-corrected chi connectivity index (χ4v) is 14.1. The lowest BCUT2D eigenvalue weighted by Crippen LogP contribution is -2.61. The van der Waals surface area contributed by atoms with E-state index < -0.39 is 274 Å². The van der Waals surface area contributed by atoms with Crippen LogP contribution in [0, 0.1) is 11.8 Å². The van der Waals surface area contributed by atoms with Crippen LogP contribution in [0.3, 0.4) is 0 Å². The van der Waals surface area contributed by atoms with Crippen molar-refractivity contribution in [1.82, 2.24) is 105 Å². The lowest BCUT2D eigenvalue weighted by Gasteiger charge is -2.29. The number of para-hydroxylation sites is 1. The standard InChI is InChI=1S/C90H111N21O24/c1-5-48(3)77-88(132)98-45-75(120)101-62(34-54-39-93-58-25-17-16-24-57(54)58)80(124)96-43-73(118)103-64(36-69(91)114)84(128)106-65(37-70(115)94-41-71(116)100-60(86(130)110-77)31-51-20-12-8-13-21-51)87(131)111-78(49(4)6-2)89(133)107-59(30-50-18-10-7-11-19-50)79(123)95-42-72(117)102-63(35-55-40-92-47-99-55)83(127)105-61(32-53-26-28-56(113)29-27-53)82(126)109-68(46-112)81(125)97-44-74(119)104-66(38-76(121)122)85(129)108-67(90(134)135)33-52-22-14-9-15-23-52/h7-29,39-40,47-49,59-68,77-78,93,112-113H,5-6,30-38,41-46H2,1-4H3,(H2,91,114)(H,92,99)(H,94,115)(H,95,123)(H,96,124)(H,97,125)(H,98,132)(H,100,116)(H,101,120)(H,102,117)(H,103,118)(H,104,119)(H,105,127)(H,106,128)(H,107,133)(H,108,129)(H,109,126)(H,110,130)(H,111,131)(H,121,122)(H,134,135). The number of amides is 18. The van der Waals surface area contributed by atoms with Crippen LogP contribution in [0.15, 0.2) is 158 Å². The van der Waals surface area contributed by atoms with Gasteiger partial charge in [-0.1, -0.05) is 162 Å². The number of imidazole rings is 1. The van der Waals surface area contributed by atoms with Gasteiger partial charge < -0.3 is 127 Å². The van der Waals surface area contributed by atoms with Gasteiger partial charge in [-0.05, 0) is 57.9 Å². The number of carboxylic acid groups (broad SMARTS) is 2. The van der Waals surface area contributed by atoms with E-state index in [0.29, 0.717) is 39.6 Å². The number of rotatable bonds is 40. The molecule has 45 nitrogen and oxygen atoms in total. The molecule has 5 aromatic carbocycles. The van der Waals surface area contributed by atoms with Crippen LogP contribution in [0.2, 0.25) is 0 Å². The number of hydrogen-bond acceptors (Lipinski definition) is 23. The van der Waals surface area contributed by atoms with Crippen molar-refractivity contribution in [2.45, 2.75) is 171 Å². The second kappa shape index (κ2) is 52.2. The van der Waals surface area contributed by atoms with E-state index in [2.05, 4.69) is 105 Å². The number of primary amides is 1. The minimum absolute atomic E-state index is 0.0927. The highest BCUT2D eigenvalue weighted by Gasteiger charge is 2.39. The largest absolute Gasteiger partial charge is 0.508 e. The number of aliphatic carboxylic acids is 2. The van der Waals surface area contributed by atoms with Crippen LogP contribution in [0.5, 0.6) is 5.75 Å². The number of carboxylic acids is 2. The van der Waals surface area contributed by atoms with Gasteiger partial charge in [0.1, 0.15) is 78.3 Å². The highest BCUT2D eigenvalue weighted by molar-refractivity contribution is 6.02. The Labute approximate surface area is 772 Å². The first-order chi connectivity index (χ1) is 64.5. The van der Waals surface area contributed by atoms with Crippen molar-refractivity contribution in [1.29, 1.82) is 0 Å². The lowest BCUT2D eigenvalue weighted by atomic mass is 9.96. The number of phenolic OH excluding ortho intramolecular Hbond substituents is 1. The fourth-order valence-electron chi connectivity index (χ4n) is 14.1. The normalized spacial score (nSPS) is 18.1. The number of nitrogens with one attached hydrogen (secondary N) is 19. The number of aliphatic hydroxyl groups is 1. The molecule has 0 aliphatic carbocycles. The Balaban J connectivity index is 1.000. The summed E-state index contributed by atoms with van der Waals surface area (Å²) in [4.78, 5) is 288. The van der Waals surface area contributed by atoms with Crippen LogP contribution in [-0.4, -0.2) is 265 Å². The minimum Gasteiger partial charge on any atom is -0.508 e. The Morgan fingerprint density at radius 3 is 1.50 bits per heavy atom. The van der Waals surface area contributed by atoms with Crippen LogP contribution < -0.4 is 96.1 Å². The van der Waals surface area contributed by atoms with Crippen molar-refractivity contribution >= 4 is 129 Å². The summed E-state index contributed by atoms with van der Waals surface area (Å²) < 4.78 is 0. The molecule has 1 fully saturated rings. The van der Waals surface area contributed by atoms with Crippen LogP contribution in [-0.2, 0) is 134 Å². The Morgan fingerprint density at radius 2 is 0.948 bits per heavy atom. The summed E-state index contributed by atoms with van der Waals surface area (Å²) >= 11 is 0. The summed E-state index contributed by atoms with van der Waals surface area (Å²) in [5, 5.41) is 81.7. The molecule has 7 aromatic rings. The summed E-state index contributed by atoms with van der Waals surface area (Å²) in [6.07, 6.45) is -0.288. The van der Waals surface area contributed by atoms with Gasteiger partial charge in [0, 0.05) is 67.5 Å². The molecule has 2 aromatic heterocycles. The predicted molar refractivity (Wildman–Crippen MR) is 479 cm³/mol. The number of benzene rings is 5. The Kier molecular flexibility index (Phi) is 40.3. The summed E-state index contributed by atoms with van der Waals surface area (Å²) in [5.74, 6) is -24.5. The molecule has 0 saturated carbocycles. The number of carbonyl (C=O) groups is 20. The number of aliphatic hydroxyl groups excluding tert-OH is 1. The highest BCUT2D eigenvalue weighted by atomic mass is 16.4. The van der Waals surface area contributed by atoms with E-state index in [4.69, 9.17) is 5.73 Å². The zero-order valence-corrected chi connectivity index (χ0v) is 74.1. The Morgan fingerprint density at radius 1 is 0.467 bits per heavy atom. The lowest BCUT2D eigenvalue weighted by molar-refractivity contribution is -0.143. The summed E-state index contributed by atoms with van der Waals surface area (Å²) in [5.41, 5.74) is 8.78. The SMILES string of the molecule is CCC(C)C1NC(=O)C(Cc2ccccc2)NC(=O)CNC(=O)CC(C(=O)NC(C(=O)NC(Cc2ccccc2)C(=O)NCC(=O)NC(Cc2cnc[nH]2)C(=O)NC(Cc2ccc(O)cc2)C(=O)NC(CO)C(=O)NCC(=O)NC(CC(=O)O)C(=O)NC(Cc2ccccc2)C(=O)O)C(C)CC)NC(=O)C(CC(N)=O)NC(=O)CNC(=O)C(Cc2c[nH]c3ccccc23)NC(=O)CNC1=O. The maximum Gasteiger partial charge on any atom is 0.326 e. The third-order valence-corrected chi connectivity index (χ3v) is 21.8. The predicted octanol–water partition coefficient (Wildman–Crippen LogP) is -5.33. The van der Waals surface area contributed by atoms with Crippen LogP contribution in [0.1, 0.15) is 93.3 Å². The van der Waals surface area contributed by atoms with Gasteiger partial charge in [-0.2, -0.15) is 0 Å². The first kappa shape index (κ1) is 104. The average molecular weight is 1870 g/mol. The molecule has 0 bridgehead atoms. The van der Waals surface area contributed by atoms with Gasteiger partial charge >= 0.3 is 11.9 Å². The number of aromatic amines is 2. The van der Waals surface area contributed by atoms with Gasteiger partial charge in [0.15, 0.2) is 0 Å². The van der Waals surface area contributed by atoms with Crippen molar-refractivity contribution in [2.75, 3.05) is 39.3 Å². The number of H-pyrrole nitrogens is 2. The third kappa shape index (κ3) is 34.0. The molecule has 1 aliphatic rings. The molecule has 14 atom stereocenters. The van der Waals surface area contributed by atoms with Crippen LogP contribution in [0.4, 0.5) is 0 Å². The summed E-state index contributed by atoms with van der Waals surface area (Å²) in [6.45, 7) is 0.833. The molecular weight excluding hydrogens is 1760 g/mol. The average Bonchev–Trinajstić information content (AvgIpc) is 1.68. The third-order valence-electron chi connectivity index (χ3n) is 21.8. The van der Waals surface area contributed by atoms with E-state index in [1.807, 2.05) is 0 Å². The minimum atomic E-state index is -2.11. The van der Waals surface area contributed by atoms with E-state index in [1.54, 1.807) is 142 Å². The number of carbonyl (C=O) groups excluding carboxylic acids is 18. The molecular formula is C90H111N21O24. The van der Waals surface area contributed by atoms with Gasteiger partial charge in [0.2, 0.25) is 106 Å². The van der Waals surface area contributed by atoms with Crippen LogP contribution >= 0.6 is 0 Å². The zero-order valence-electron chi connectivity index (χ0n) is 74.1. The van der Waals surface area contributed by atoms with E-state index in [0.717, 1.165) is 0 Å². The molecule has 45 heteroatoms. The number of aromatic hydroxyl groups is 1. The topological polar surface area (TPSA) is 697 Å². The van der Waals surface area contributed by atoms with Crippen molar-refractivity contribution < 1.29 is 116 Å². The van der Waals surface area contributed by atoms with Gasteiger partial charge in [-0.15, -0.1) is 0 Å². The molecule has 1 aliphatic heterocycles. The van der Waals surface area contributed by atoms with Gasteiger partial charge in [-0.25, -0.2) is 9.78 Å². The van der Waals surface area contributed by atoms with Gasteiger partial charge in [-0.3, -0.25) is 91.1 Å². The smallest absolute Gasteiger partial charge is 0.326 e. The molecule has 18 amide bonds. The van der Waals surface area contributed by atoms with Crippen molar-refractivity contribution in [3.05, 3.63) is 192 Å². The van der Waals surface area contributed by atoms with E-state index in [9.17, 15) is 107 Å². The molecule has 8 rings (SSSR count). The molecule has 14 unspecified atom stereocenters. The molecule has 720 valence electrons. The summed E-state index contributed by atoms with van der Waals surface area (Å²) in [6, 6.07) is 16.3. The first-order valence-corrected chi connectivity index (χ1v) is 43.2. The molecule has 0 radical (unpaired) electrons. The monoisotopic (exact) mass is 1870 g/mol. The van der Waals surface area contributed by atoms with E-state index in [1.165, 1.54) is 43.7 Å². The maximum absolute atomic E-state index is 15.1. The van der Waals surface area contributed by atoms with E-state index >= 15 is 9.59 Å².